The molecule has 104 valence electrons. The van der Waals surface area contributed by atoms with Crippen LogP contribution in [0.1, 0.15) is 17.0 Å². The molecule has 0 aliphatic carbocycles. The molecule has 0 radical (unpaired) electrons. The Morgan fingerprint density at radius 3 is 2.14 bits per heavy atom. The zero-order valence-electron chi connectivity index (χ0n) is 11.5. The van der Waals surface area contributed by atoms with E-state index < -0.39 is 0 Å². The second-order valence-corrected chi connectivity index (χ2v) is 4.82. The SMILES string of the molecule is O=c1cnc(Cc2ccccc2)nn1Cc1ccccc1. The van der Waals surface area contributed by atoms with Crippen molar-refractivity contribution in [3.63, 3.8) is 0 Å². The number of aromatic nitrogens is 3. The van der Waals surface area contributed by atoms with Crippen molar-refractivity contribution >= 4 is 0 Å². The summed E-state index contributed by atoms with van der Waals surface area (Å²) in [6.07, 6.45) is 1.96. The number of hydrogen-bond acceptors (Lipinski definition) is 3. The fraction of sp³-hybridized carbons (Fsp3) is 0.118. The van der Waals surface area contributed by atoms with E-state index in [9.17, 15) is 4.79 Å². The van der Waals surface area contributed by atoms with Crippen molar-refractivity contribution in [2.75, 3.05) is 0 Å². The lowest BCUT2D eigenvalue weighted by molar-refractivity contribution is 0.604. The Labute approximate surface area is 122 Å². The first-order valence-corrected chi connectivity index (χ1v) is 6.82. The molecule has 0 N–H and O–H groups in total. The van der Waals surface area contributed by atoms with Gasteiger partial charge in [-0.25, -0.2) is 9.67 Å². The maximum Gasteiger partial charge on any atom is 0.285 e. The van der Waals surface area contributed by atoms with Crippen LogP contribution in [0, 0.1) is 0 Å². The highest BCUT2D eigenvalue weighted by Gasteiger charge is 2.04. The molecule has 0 atom stereocenters. The molecule has 0 saturated carbocycles. The summed E-state index contributed by atoms with van der Waals surface area (Å²) in [7, 11) is 0. The van der Waals surface area contributed by atoms with Gasteiger partial charge < -0.3 is 0 Å². The third kappa shape index (κ3) is 3.42. The molecule has 1 aromatic heterocycles. The summed E-state index contributed by atoms with van der Waals surface area (Å²) in [5.74, 6) is 0.650. The summed E-state index contributed by atoms with van der Waals surface area (Å²) in [4.78, 5) is 16.0. The van der Waals surface area contributed by atoms with E-state index in [1.54, 1.807) is 0 Å². The first kappa shape index (κ1) is 13.2. The molecular formula is C17H15N3O. The Kier molecular flexibility index (Phi) is 3.87. The van der Waals surface area contributed by atoms with Gasteiger partial charge in [0.15, 0.2) is 5.82 Å². The molecular weight excluding hydrogens is 262 g/mol. The zero-order chi connectivity index (χ0) is 14.5. The first-order valence-electron chi connectivity index (χ1n) is 6.82. The van der Waals surface area contributed by atoms with Gasteiger partial charge in [-0.05, 0) is 11.1 Å². The Hall–Kier alpha value is -2.75. The molecule has 0 amide bonds. The van der Waals surface area contributed by atoms with Crippen LogP contribution < -0.4 is 5.56 Å². The predicted molar refractivity (Wildman–Crippen MR) is 81.1 cm³/mol. The molecule has 3 rings (SSSR count). The Bertz CT molecular complexity index is 767. The van der Waals surface area contributed by atoms with Crippen molar-refractivity contribution in [2.45, 2.75) is 13.0 Å². The lowest BCUT2D eigenvalue weighted by atomic mass is 10.1. The minimum absolute atomic E-state index is 0.185. The van der Waals surface area contributed by atoms with Gasteiger partial charge in [0.25, 0.3) is 5.56 Å². The number of hydrogen-bond donors (Lipinski definition) is 0. The molecule has 0 unspecified atom stereocenters. The monoisotopic (exact) mass is 277 g/mol. The van der Waals surface area contributed by atoms with Gasteiger partial charge in [0, 0.05) is 6.42 Å². The number of benzene rings is 2. The summed E-state index contributed by atoms with van der Waals surface area (Å²) < 4.78 is 1.46. The van der Waals surface area contributed by atoms with Crippen molar-refractivity contribution in [1.29, 1.82) is 0 Å². The van der Waals surface area contributed by atoms with E-state index in [4.69, 9.17) is 0 Å². The van der Waals surface area contributed by atoms with Crippen molar-refractivity contribution in [3.8, 4) is 0 Å². The van der Waals surface area contributed by atoms with Gasteiger partial charge in [-0.3, -0.25) is 4.79 Å². The topological polar surface area (TPSA) is 47.8 Å². The Balaban J connectivity index is 1.85. The van der Waals surface area contributed by atoms with E-state index in [1.807, 2.05) is 60.7 Å². The highest BCUT2D eigenvalue weighted by atomic mass is 16.1. The molecule has 21 heavy (non-hydrogen) atoms. The molecule has 0 aliphatic heterocycles. The van der Waals surface area contributed by atoms with E-state index in [1.165, 1.54) is 10.9 Å². The molecule has 0 bridgehead atoms. The van der Waals surface area contributed by atoms with Gasteiger partial charge in [-0.2, -0.15) is 5.10 Å². The molecule has 4 nitrogen and oxygen atoms in total. The lowest BCUT2D eigenvalue weighted by Crippen LogP contribution is -2.25. The van der Waals surface area contributed by atoms with Crippen LogP contribution in [0.3, 0.4) is 0 Å². The maximum atomic E-state index is 11.9. The standard InChI is InChI=1S/C17H15N3O/c21-17-12-18-16(11-14-7-3-1-4-8-14)19-20(17)13-15-9-5-2-6-10-15/h1-10,12H,11,13H2. The molecule has 0 fully saturated rings. The highest BCUT2D eigenvalue weighted by Crippen LogP contribution is 2.04. The van der Waals surface area contributed by atoms with Crippen LogP contribution in [-0.2, 0) is 13.0 Å². The minimum Gasteiger partial charge on any atom is -0.266 e. The van der Waals surface area contributed by atoms with Crippen molar-refractivity contribution in [2.24, 2.45) is 0 Å². The van der Waals surface area contributed by atoms with Crippen molar-refractivity contribution in [3.05, 3.63) is 94.2 Å². The molecule has 4 heteroatoms. The van der Waals surface area contributed by atoms with Crippen LogP contribution >= 0.6 is 0 Å². The second-order valence-electron chi connectivity index (χ2n) is 4.82. The van der Waals surface area contributed by atoms with Gasteiger partial charge in [0.1, 0.15) is 0 Å². The third-order valence-electron chi connectivity index (χ3n) is 3.19. The Morgan fingerprint density at radius 1 is 0.857 bits per heavy atom. The van der Waals surface area contributed by atoms with Crippen molar-refractivity contribution in [1.82, 2.24) is 14.8 Å². The van der Waals surface area contributed by atoms with Crippen LogP contribution in [0.5, 0.6) is 0 Å². The van der Waals surface area contributed by atoms with Crippen LogP contribution in [0.15, 0.2) is 71.7 Å². The van der Waals surface area contributed by atoms with E-state index in [2.05, 4.69) is 10.1 Å². The van der Waals surface area contributed by atoms with Gasteiger partial charge in [0.2, 0.25) is 0 Å². The largest absolute Gasteiger partial charge is 0.285 e. The molecule has 2 aromatic carbocycles. The number of nitrogens with zero attached hydrogens (tertiary/aromatic N) is 3. The van der Waals surface area contributed by atoms with Crippen LogP contribution in [0.2, 0.25) is 0 Å². The summed E-state index contributed by atoms with van der Waals surface area (Å²) in [6, 6.07) is 19.8. The maximum absolute atomic E-state index is 11.9. The molecule has 3 aromatic rings. The summed E-state index contributed by atoms with van der Waals surface area (Å²) in [5.41, 5.74) is 1.99. The average molecular weight is 277 g/mol. The normalized spacial score (nSPS) is 10.5. The van der Waals surface area contributed by atoms with Crippen LogP contribution in [0.25, 0.3) is 0 Å². The fourth-order valence-electron chi connectivity index (χ4n) is 2.14. The third-order valence-corrected chi connectivity index (χ3v) is 3.19. The smallest absolute Gasteiger partial charge is 0.266 e. The van der Waals surface area contributed by atoms with E-state index in [0.717, 1.165) is 11.1 Å². The minimum atomic E-state index is -0.185. The first-order chi connectivity index (χ1) is 10.3. The average Bonchev–Trinajstić information content (AvgIpc) is 2.53. The molecule has 0 saturated heterocycles. The lowest BCUT2D eigenvalue weighted by Gasteiger charge is -2.06. The van der Waals surface area contributed by atoms with Crippen LogP contribution in [-0.4, -0.2) is 14.8 Å². The van der Waals surface area contributed by atoms with Gasteiger partial charge >= 0.3 is 0 Å². The van der Waals surface area contributed by atoms with E-state index in [0.29, 0.717) is 18.8 Å². The van der Waals surface area contributed by atoms with Gasteiger partial charge in [-0.1, -0.05) is 60.7 Å². The number of rotatable bonds is 4. The summed E-state index contributed by atoms with van der Waals surface area (Å²) in [6.45, 7) is 0.462. The molecule has 0 aliphatic rings. The predicted octanol–water partition coefficient (Wildman–Crippen LogP) is 2.28. The van der Waals surface area contributed by atoms with E-state index in [-0.39, 0.29) is 5.56 Å². The quantitative estimate of drug-likeness (QED) is 0.735. The Morgan fingerprint density at radius 2 is 1.48 bits per heavy atom. The zero-order valence-corrected chi connectivity index (χ0v) is 11.5. The molecule has 0 spiro atoms. The van der Waals surface area contributed by atoms with Gasteiger partial charge in [-0.15, -0.1) is 0 Å². The molecule has 1 heterocycles. The van der Waals surface area contributed by atoms with Crippen molar-refractivity contribution < 1.29 is 0 Å². The van der Waals surface area contributed by atoms with Gasteiger partial charge in [0.05, 0.1) is 12.7 Å². The fourth-order valence-corrected chi connectivity index (χ4v) is 2.14. The van der Waals surface area contributed by atoms with Crippen LogP contribution in [0.4, 0.5) is 0 Å². The summed E-state index contributed by atoms with van der Waals surface area (Å²) >= 11 is 0. The van der Waals surface area contributed by atoms with E-state index >= 15 is 0 Å². The summed E-state index contributed by atoms with van der Waals surface area (Å²) in [5, 5.41) is 4.36. The highest BCUT2D eigenvalue weighted by molar-refractivity contribution is 5.18. The second kappa shape index (κ2) is 6.13.